The zero-order valence-corrected chi connectivity index (χ0v) is 9.74. The van der Waals surface area contributed by atoms with Crippen molar-refractivity contribution >= 4 is 28.3 Å². The Kier molecular flexibility index (Phi) is 4.27. The number of halogens is 1. The van der Waals surface area contributed by atoms with E-state index in [2.05, 4.69) is 34.5 Å². The number of rotatable bonds is 4. The summed E-state index contributed by atoms with van der Waals surface area (Å²) in [7, 11) is 0. The van der Waals surface area contributed by atoms with Crippen molar-refractivity contribution in [3.05, 3.63) is 15.8 Å². The van der Waals surface area contributed by atoms with Crippen LogP contribution in [-0.4, -0.2) is 11.6 Å². The number of ether oxygens (including phenoxy) is 1. The molecule has 0 unspecified atom stereocenters. The quantitative estimate of drug-likeness (QED) is 0.685. The molecule has 1 aromatic heterocycles. The molecule has 0 aliphatic carbocycles. The molecule has 4 heteroatoms. The first-order valence-corrected chi connectivity index (χ1v) is 5.36. The molecular formula is C9H13IN2O. The standard InChI is InChI=1S/C9H13IN2O/c1-2-3-6-13-9-8(10)7(11)4-5-12-9/h4-5H,2-3,6H2,1H3,(H2,11,12). The van der Waals surface area contributed by atoms with E-state index in [9.17, 15) is 0 Å². The topological polar surface area (TPSA) is 48.1 Å². The van der Waals surface area contributed by atoms with Gasteiger partial charge in [-0.05, 0) is 35.1 Å². The molecule has 1 rings (SSSR count). The first-order valence-electron chi connectivity index (χ1n) is 4.28. The van der Waals surface area contributed by atoms with Crippen molar-refractivity contribution in [2.75, 3.05) is 12.3 Å². The molecular weight excluding hydrogens is 279 g/mol. The van der Waals surface area contributed by atoms with Gasteiger partial charge in [0.05, 0.1) is 15.9 Å². The van der Waals surface area contributed by atoms with Crippen LogP contribution >= 0.6 is 22.6 Å². The van der Waals surface area contributed by atoms with Gasteiger partial charge in [-0.1, -0.05) is 13.3 Å². The fraction of sp³-hybridized carbons (Fsp3) is 0.444. The summed E-state index contributed by atoms with van der Waals surface area (Å²) in [5.41, 5.74) is 6.42. The monoisotopic (exact) mass is 292 g/mol. The molecule has 3 nitrogen and oxygen atoms in total. The lowest BCUT2D eigenvalue weighted by molar-refractivity contribution is 0.296. The van der Waals surface area contributed by atoms with E-state index in [1.54, 1.807) is 12.3 Å². The van der Waals surface area contributed by atoms with Gasteiger partial charge in [0.25, 0.3) is 0 Å². The van der Waals surface area contributed by atoms with Crippen molar-refractivity contribution in [2.24, 2.45) is 0 Å². The largest absolute Gasteiger partial charge is 0.477 e. The molecule has 0 saturated carbocycles. The third kappa shape index (κ3) is 3.02. The molecule has 0 saturated heterocycles. The lowest BCUT2D eigenvalue weighted by Crippen LogP contribution is -2.02. The van der Waals surface area contributed by atoms with Gasteiger partial charge in [-0.25, -0.2) is 4.98 Å². The Balaban J connectivity index is 2.61. The third-order valence-corrected chi connectivity index (χ3v) is 2.71. The van der Waals surface area contributed by atoms with Crippen LogP contribution in [0.15, 0.2) is 12.3 Å². The minimum atomic E-state index is 0.647. The Labute approximate surface area is 91.8 Å². The summed E-state index contributed by atoms with van der Waals surface area (Å²) >= 11 is 2.14. The summed E-state index contributed by atoms with van der Waals surface area (Å²) in [6.07, 6.45) is 3.84. The van der Waals surface area contributed by atoms with Crippen LogP contribution in [0.25, 0.3) is 0 Å². The van der Waals surface area contributed by atoms with Gasteiger partial charge in [0.15, 0.2) is 0 Å². The number of unbranched alkanes of at least 4 members (excludes halogenated alkanes) is 1. The van der Waals surface area contributed by atoms with Crippen LogP contribution in [0, 0.1) is 3.57 Å². The lowest BCUT2D eigenvalue weighted by atomic mass is 10.4. The number of pyridine rings is 1. The first-order chi connectivity index (χ1) is 6.25. The van der Waals surface area contributed by atoms with Crippen LogP contribution in [-0.2, 0) is 0 Å². The zero-order chi connectivity index (χ0) is 9.68. The van der Waals surface area contributed by atoms with Crippen LogP contribution in [0.4, 0.5) is 5.69 Å². The van der Waals surface area contributed by atoms with Gasteiger partial charge >= 0.3 is 0 Å². The highest BCUT2D eigenvalue weighted by Crippen LogP contribution is 2.23. The van der Waals surface area contributed by atoms with E-state index in [0.717, 1.165) is 22.1 Å². The summed E-state index contributed by atoms with van der Waals surface area (Å²) in [5.74, 6) is 0.647. The molecule has 1 aromatic rings. The van der Waals surface area contributed by atoms with Crippen molar-refractivity contribution in [3.8, 4) is 5.88 Å². The predicted molar refractivity (Wildman–Crippen MR) is 61.8 cm³/mol. The fourth-order valence-electron chi connectivity index (χ4n) is 0.852. The maximum Gasteiger partial charge on any atom is 0.229 e. The molecule has 0 atom stereocenters. The highest BCUT2D eigenvalue weighted by Gasteiger charge is 2.04. The van der Waals surface area contributed by atoms with Gasteiger partial charge in [-0.2, -0.15) is 0 Å². The second-order valence-corrected chi connectivity index (χ2v) is 3.80. The highest BCUT2D eigenvalue weighted by atomic mass is 127. The van der Waals surface area contributed by atoms with Crippen LogP contribution in [0.5, 0.6) is 5.88 Å². The zero-order valence-electron chi connectivity index (χ0n) is 7.59. The van der Waals surface area contributed by atoms with Gasteiger partial charge < -0.3 is 10.5 Å². The molecule has 0 bridgehead atoms. The average molecular weight is 292 g/mol. The van der Waals surface area contributed by atoms with E-state index in [-0.39, 0.29) is 0 Å². The molecule has 0 fully saturated rings. The van der Waals surface area contributed by atoms with E-state index in [0.29, 0.717) is 12.5 Å². The summed E-state index contributed by atoms with van der Waals surface area (Å²) in [6, 6.07) is 1.77. The molecule has 1 heterocycles. The molecule has 0 radical (unpaired) electrons. The van der Waals surface area contributed by atoms with Gasteiger partial charge in [0, 0.05) is 6.20 Å². The van der Waals surface area contributed by atoms with Crippen LogP contribution in [0.3, 0.4) is 0 Å². The number of nitrogens with zero attached hydrogens (tertiary/aromatic N) is 1. The molecule has 0 aliphatic heterocycles. The minimum Gasteiger partial charge on any atom is -0.477 e. The maximum absolute atomic E-state index is 5.70. The Morgan fingerprint density at radius 1 is 1.62 bits per heavy atom. The smallest absolute Gasteiger partial charge is 0.229 e. The van der Waals surface area contributed by atoms with Crippen LogP contribution in [0.2, 0.25) is 0 Å². The van der Waals surface area contributed by atoms with E-state index >= 15 is 0 Å². The van der Waals surface area contributed by atoms with Crippen LogP contribution < -0.4 is 10.5 Å². The molecule has 0 spiro atoms. The van der Waals surface area contributed by atoms with Gasteiger partial charge in [0.2, 0.25) is 5.88 Å². The number of nitrogens with two attached hydrogens (primary N) is 1. The Bertz CT molecular complexity index is 278. The van der Waals surface area contributed by atoms with Crippen molar-refractivity contribution in [1.29, 1.82) is 0 Å². The average Bonchev–Trinajstić information content (AvgIpc) is 2.13. The molecule has 0 aliphatic rings. The number of nitrogen functional groups attached to an aromatic ring is 1. The van der Waals surface area contributed by atoms with Gasteiger partial charge in [-0.15, -0.1) is 0 Å². The number of hydrogen-bond donors (Lipinski definition) is 1. The van der Waals surface area contributed by atoms with E-state index in [1.807, 2.05) is 0 Å². The van der Waals surface area contributed by atoms with Crippen LogP contribution in [0.1, 0.15) is 19.8 Å². The number of hydrogen-bond acceptors (Lipinski definition) is 3. The molecule has 13 heavy (non-hydrogen) atoms. The molecule has 72 valence electrons. The van der Waals surface area contributed by atoms with E-state index in [4.69, 9.17) is 10.5 Å². The fourth-order valence-corrected chi connectivity index (χ4v) is 1.33. The summed E-state index contributed by atoms with van der Waals surface area (Å²) in [4.78, 5) is 4.10. The normalized spacial score (nSPS) is 10.0. The Morgan fingerprint density at radius 2 is 2.38 bits per heavy atom. The predicted octanol–water partition coefficient (Wildman–Crippen LogP) is 2.45. The van der Waals surface area contributed by atoms with E-state index < -0.39 is 0 Å². The van der Waals surface area contributed by atoms with Crippen molar-refractivity contribution in [3.63, 3.8) is 0 Å². The maximum atomic E-state index is 5.70. The Hall–Kier alpha value is -0.520. The SMILES string of the molecule is CCCCOc1nccc(N)c1I. The van der Waals surface area contributed by atoms with Gasteiger partial charge in [0.1, 0.15) is 0 Å². The Morgan fingerprint density at radius 3 is 3.08 bits per heavy atom. The van der Waals surface area contributed by atoms with Crippen molar-refractivity contribution < 1.29 is 4.74 Å². The molecule has 0 amide bonds. The van der Waals surface area contributed by atoms with Crippen molar-refractivity contribution in [2.45, 2.75) is 19.8 Å². The molecule has 2 N–H and O–H groups in total. The summed E-state index contributed by atoms with van der Waals surface area (Å²) in [5, 5.41) is 0. The second-order valence-electron chi connectivity index (χ2n) is 2.72. The summed E-state index contributed by atoms with van der Waals surface area (Å²) < 4.78 is 6.36. The number of anilines is 1. The molecule has 0 aromatic carbocycles. The highest BCUT2D eigenvalue weighted by molar-refractivity contribution is 14.1. The second kappa shape index (κ2) is 5.26. The minimum absolute atomic E-state index is 0.647. The van der Waals surface area contributed by atoms with E-state index in [1.165, 1.54) is 0 Å². The number of aromatic nitrogens is 1. The van der Waals surface area contributed by atoms with Gasteiger partial charge in [-0.3, -0.25) is 0 Å². The van der Waals surface area contributed by atoms with Crippen molar-refractivity contribution in [1.82, 2.24) is 4.98 Å². The summed E-state index contributed by atoms with van der Waals surface area (Å²) in [6.45, 7) is 2.84. The lowest BCUT2D eigenvalue weighted by Gasteiger charge is -2.07. The first kappa shape index (κ1) is 10.6. The third-order valence-electron chi connectivity index (χ3n) is 1.62.